The number of aryl methyl sites for hydroxylation is 1. The van der Waals surface area contributed by atoms with Crippen LogP contribution in [0.25, 0.3) is 22.6 Å². The highest BCUT2D eigenvalue weighted by atomic mass is 19.1. The number of imidazole rings is 1. The molecule has 0 bridgehead atoms. The third kappa shape index (κ3) is 4.40. The summed E-state index contributed by atoms with van der Waals surface area (Å²) in [5.74, 6) is -0.103. The van der Waals surface area contributed by atoms with Crippen LogP contribution in [0.2, 0.25) is 0 Å². The number of halogens is 1. The van der Waals surface area contributed by atoms with E-state index in [4.69, 9.17) is 14.7 Å². The van der Waals surface area contributed by atoms with Gasteiger partial charge in [0.1, 0.15) is 17.3 Å². The Labute approximate surface area is 238 Å². The Morgan fingerprint density at radius 2 is 1.88 bits per heavy atom. The molecule has 2 aromatic heterocycles. The van der Waals surface area contributed by atoms with E-state index in [0.717, 1.165) is 35.9 Å². The highest BCUT2D eigenvalue weighted by Crippen LogP contribution is 2.49. The molecular formula is C33H33FN4O3. The van der Waals surface area contributed by atoms with Crippen molar-refractivity contribution < 1.29 is 18.7 Å². The molecule has 7 rings (SSSR count). The minimum absolute atomic E-state index is 0.0149. The molecule has 8 heteroatoms. The second-order valence-electron chi connectivity index (χ2n) is 11.6. The number of esters is 1. The number of fused-ring (bicyclic) bond motifs is 2. The molecular weight excluding hydrogens is 519 g/mol. The van der Waals surface area contributed by atoms with E-state index in [0.29, 0.717) is 48.2 Å². The first-order valence-electron chi connectivity index (χ1n) is 14.6. The minimum atomic E-state index is -0.388. The maximum absolute atomic E-state index is 15.5. The van der Waals surface area contributed by atoms with Crippen LogP contribution < -0.4 is 0 Å². The fourth-order valence-electron chi connectivity index (χ4n) is 6.52. The topological polar surface area (TPSA) is 77.3 Å². The molecule has 0 radical (unpaired) electrons. The molecule has 2 aromatic carbocycles. The third-order valence-electron chi connectivity index (χ3n) is 9.00. The summed E-state index contributed by atoms with van der Waals surface area (Å²) in [6, 6.07) is 15.3. The van der Waals surface area contributed by atoms with Gasteiger partial charge in [-0.15, -0.1) is 0 Å². The molecule has 2 saturated carbocycles. The Bertz CT molecular complexity index is 1710. The van der Waals surface area contributed by atoms with Crippen LogP contribution in [0, 0.1) is 11.7 Å². The van der Waals surface area contributed by atoms with Gasteiger partial charge in [-0.25, -0.2) is 14.4 Å². The highest BCUT2D eigenvalue weighted by Gasteiger charge is 2.45. The van der Waals surface area contributed by atoms with Gasteiger partial charge in [0.2, 0.25) is 0 Å². The van der Waals surface area contributed by atoms with E-state index >= 15 is 4.39 Å². The Morgan fingerprint density at radius 3 is 2.63 bits per heavy atom. The second-order valence-corrected chi connectivity index (χ2v) is 11.6. The zero-order valence-electron chi connectivity index (χ0n) is 23.6. The van der Waals surface area contributed by atoms with Crippen LogP contribution >= 0.6 is 0 Å². The molecule has 210 valence electrons. The van der Waals surface area contributed by atoms with Crippen LogP contribution in [-0.2, 0) is 23.0 Å². The summed E-state index contributed by atoms with van der Waals surface area (Å²) in [6.45, 7) is 4.84. The molecule has 0 spiro atoms. The maximum atomic E-state index is 15.5. The average Bonchev–Trinajstić information content (AvgIpc) is 3.90. The van der Waals surface area contributed by atoms with Crippen LogP contribution in [0.1, 0.15) is 83.7 Å². The van der Waals surface area contributed by atoms with Crippen molar-refractivity contribution in [2.45, 2.75) is 57.4 Å². The van der Waals surface area contributed by atoms with Crippen LogP contribution in [0.3, 0.4) is 0 Å². The first-order valence-corrected chi connectivity index (χ1v) is 14.6. The largest absolute Gasteiger partial charge is 0.466 e. The lowest BCUT2D eigenvalue weighted by molar-refractivity contribution is -0.144. The zero-order chi connectivity index (χ0) is 28.4. The van der Waals surface area contributed by atoms with Gasteiger partial charge in [0.05, 0.1) is 29.6 Å². The number of carbonyl (C=O) groups excluding carboxylic acids is 2. The molecule has 0 N–H and O–H groups in total. The van der Waals surface area contributed by atoms with Gasteiger partial charge in [-0.05, 0) is 91.8 Å². The van der Waals surface area contributed by atoms with Gasteiger partial charge in [-0.2, -0.15) is 0 Å². The molecule has 3 atom stereocenters. The summed E-state index contributed by atoms with van der Waals surface area (Å²) in [5.41, 5.74) is 6.39. The number of pyridine rings is 1. The monoisotopic (exact) mass is 552 g/mol. The van der Waals surface area contributed by atoms with Crippen LogP contribution in [0.4, 0.5) is 4.39 Å². The van der Waals surface area contributed by atoms with Crippen molar-refractivity contribution in [3.8, 4) is 11.4 Å². The number of hydrogen-bond acceptors (Lipinski definition) is 5. The quantitative estimate of drug-likeness (QED) is 0.271. The maximum Gasteiger partial charge on any atom is 0.309 e. The van der Waals surface area contributed by atoms with E-state index in [1.807, 2.05) is 40.8 Å². The smallest absolute Gasteiger partial charge is 0.309 e. The first kappa shape index (κ1) is 25.9. The summed E-state index contributed by atoms with van der Waals surface area (Å²) < 4.78 is 22.6. The van der Waals surface area contributed by atoms with E-state index in [-0.39, 0.29) is 35.6 Å². The first-order chi connectivity index (χ1) is 19.9. The fourth-order valence-corrected chi connectivity index (χ4v) is 6.52. The van der Waals surface area contributed by atoms with Crippen molar-refractivity contribution in [2.24, 2.45) is 13.0 Å². The summed E-state index contributed by atoms with van der Waals surface area (Å²) >= 11 is 0. The zero-order valence-corrected chi connectivity index (χ0v) is 23.6. The predicted octanol–water partition coefficient (Wildman–Crippen LogP) is 6.08. The number of aromatic nitrogens is 3. The summed E-state index contributed by atoms with van der Waals surface area (Å²) in [4.78, 5) is 37.4. The number of hydrogen-bond donors (Lipinski definition) is 0. The molecule has 4 aromatic rings. The van der Waals surface area contributed by atoms with Gasteiger partial charge < -0.3 is 14.2 Å². The van der Waals surface area contributed by atoms with E-state index < -0.39 is 0 Å². The molecule has 0 unspecified atom stereocenters. The number of amides is 1. The van der Waals surface area contributed by atoms with Gasteiger partial charge in [0.25, 0.3) is 5.91 Å². The molecule has 7 nitrogen and oxygen atoms in total. The Kier molecular flexibility index (Phi) is 6.17. The summed E-state index contributed by atoms with van der Waals surface area (Å²) in [6.07, 6.45) is 3.59. The Hall–Kier alpha value is -4.07. The van der Waals surface area contributed by atoms with E-state index in [2.05, 4.69) is 19.1 Å². The molecule has 41 heavy (non-hydrogen) atoms. The van der Waals surface area contributed by atoms with Gasteiger partial charge in [-0.1, -0.05) is 30.3 Å². The Balaban J connectivity index is 1.23. The van der Waals surface area contributed by atoms with Crippen molar-refractivity contribution in [1.82, 2.24) is 19.4 Å². The van der Waals surface area contributed by atoms with Crippen molar-refractivity contribution in [3.05, 3.63) is 82.3 Å². The number of rotatable bonds is 6. The molecule has 2 aliphatic carbocycles. The van der Waals surface area contributed by atoms with Crippen LogP contribution in [0.5, 0.6) is 0 Å². The lowest BCUT2D eigenvalue weighted by Crippen LogP contribution is -2.39. The number of carbonyl (C=O) groups is 2. The standard InChI is InChI=1S/C33H33FN4O3/c1-4-41-33(40)26-16-24(26)21-11-12-23(27(34)15-21)31-36-30-29(37(31)3)25(20-9-10-20)17-28(35-30)32(39)38-14-13-19-7-5-6-8-22(19)18(38)2/h5-8,11-12,15,17-18,20,24,26H,4,9-10,13-14,16H2,1-3H3/t18-,24+,26-/m1/s1. The number of benzene rings is 2. The average molecular weight is 553 g/mol. The normalized spacial score (nSPS) is 21.6. The number of nitrogens with zero attached hydrogens (tertiary/aromatic N) is 4. The molecule has 1 aliphatic heterocycles. The summed E-state index contributed by atoms with van der Waals surface area (Å²) in [7, 11) is 1.88. The third-order valence-corrected chi connectivity index (χ3v) is 9.00. The lowest BCUT2D eigenvalue weighted by Gasteiger charge is -2.35. The van der Waals surface area contributed by atoms with Gasteiger partial charge >= 0.3 is 5.97 Å². The van der Waals surface area contributed by atoms with Crippen molar-refractivity contribution in [1.29, 1.82) is 0 Å². The summed E-state index contributed by atoms with van der Waals surface area (Å²) in [5, 5.41) is 0. The Morgan fingerprint density at radius 1 is 1.07 bits per heavy atom. The van der Waals surface area contributed by atoms with E-state index in [1.54, 1.807) is 13.0 Å². The predicted molar refractivity (Wildman–Crippen MR) is 153 cm³/mol. The fraction of sp³-hybridized carbons (Fsp3) is 0.394. The lowest BCUT2D eigenvalue weighted by atomic mass is 9.93. The van der Waals surface area contributed by atoms with Crippen molar-refractivity contribution in [3.63, 3.8) is 0 Å². The SMILES string of the molecule is CCOC(=O)[C@@H]1C[C@H]1c1ccc(-c2nc3nc(C(=O)N4CCc5ccccc5[C@H]4C)cc(C4CC4)c3n2C)c(F)c1. The van der Waals surface area contributed by atoms with Gasteiger partial charge in [0, 0.05) is 13.6 Å². The van der Waals surface area contributed by atoms with Gasteiger partial charge in [0.15, 0.2) is 5.65 Å². The minimum Gasteiger partial charge on any atom is -0.466 e. The van der Waals surface area contributed by atoms with E-state index in [9.17, 15) is 9.59 Å². The van der Waals surface area contributed by atoms with Crippen LogP contribution in [0.15, 0.2) is 48.5 Å². The van der Waals surface area contributed by atoms with E-state index in [1.165, 1.54) is 17.2 Å². The molecule has 2 fully saturated rings. The van der Waals surface area contributed by atoms with Crippen molar-refractivity contribution >= 4 is 23.0 Å². The molecule has 0 saturated heterocycles. The molecule has 1 amide bonds. The molecule has 3 aliphatic rings. The van der Waals surface area contributed by atoms with Crippen molar-refractivity contribution in [2.75, 3.05) is 13.2 Å². The van der Waals surface area contributed by atoms with Gasteiger partial charge in [-0.3, -0.25) is 9.59 Å². The highest BCUT2D eigenvalue weighted by molar-refractivity contribution is 5.96. The van der Waals surface area contributed by atoms with Crippen LogP contribution in [-0.4, -0.2) is 44.5 Å². The number of ether oxygens (including phenoxy) is 1. The second kappa shape index (κ2) is 9.79. The molecule has 3 heterocycles.